The van der Waals surface area contributed by atoms with Gasteiger partial charge in [0.05, 0.1) is 0 Å². The average molecular weight is 308 g/mol. The van der Waals surface area contributed by atoms with Gasteiger partial charge in [-0.05, 0) is 41.4 Å². The molecule has 0 aliphatic rings. The average Bonchev–Trinajstić information content (AvgIpc) is 3.09. The maximum absolute atomic E-state index is 11.9. The summed E-state index contributed by atoms with van der Waals surface area (Å²) >= 11 is 1.31. The molecular weight excluding hydrogens is 296 g/mol. The first kappa shape index (κ1) is 14.1. The van der Waals surface area contributed by atoms with Crippen LogP contribution in [0, 0.1) is 0 Å². The van der Waals surface area contributed by atoms with Crippen molar-refractivity contribution in [2.75, 3.05) is 5.32 Å². The van der Waals surface area contributed by atoms with E-state index in [1.54, 1.807) is 18.5 Å². The Kier molecular flexibility index (Phi) is 4.31. The third kappa shape index (κ3) is 3.62. The van der Waals surface area contributed by atoms with Gasteiger partial charge in [-0.1, -0.05) is 22.7 Å². The molecule has 0 bridgehead atoms. The molecule has 5 nitrogen and oxygen atoms in total. The second-order valence-electron chi connectivity index (χ2n) is 4.48. The van der Waals surface area contributed by atoms with Gasteiger partial charge in [-0.25, -0.2) is 0 Å². The first-order chi connectivity index (χ1) is 10.8. The van der Waals surface area contributed by atoms with Crippen LogP contribution in [0.1, 0.15) is 5.56 Å². The number of hydrogen-bond acceptors (Lipinski definition) is 5. The van der Waals surface area contributed by atoms with Crippen LogP contribution in [0.25, 0.3) is 17.3 Å². The molecule has 3 aromatic rings. The van der Waals surface area contributed by atoms with Gasteiger partial charge in [0.25, 0.3) is 0 Å². The van der Waals surface area contributed by atoms with E-state index in [4.69, 9.17) is 0 Å². The lowest BCUT2D eigenvalue weighted by molar-refractivity contribution is -0.111. The second kappa shape index (κ2) is 6.73. The van der Waals surface area contributed by atoms with Crippen molar-refractivity contribution >= 4 is 29.2 Å². The zero-order chi connectivity index (χ0) is 15.2. The Morgan fingerprint density at radius 2 is 2.05 bits per heavy atom. The van der Waals surface area contributed by atoms with Crippen LogP contribution in [0.4, 0.5) is 5.69 Å². The highest BCUT2D eigenvalue weighted by Gasteiger charge is 2.02. The number of nitrogens with one attached hydrogen (secondary N) is 1. The molecule has 0 aliphatic heterocycles. The van der Waals surface area contributed by atoms with Crippen molar-refractivity contribution in [2.45, 2.75) is 0 Å². The summed E-state index contributed by atoms with van der Waals surface area (Å²) in [5.74, 6) is -0.188. The lowest BCUT2D eigenvalue weighted by Gasteiger charge is -2.03. The lowest BCUT2D eigenvalue weighted by atomic mass is 10.1. The van der Waals surface area contributed by atoms with Crippen LogP contribution in [0.5, 0.6) is 0 Å². The molecule has 0 aliphatic carbocycles. The Hall–Kier alpha value is -2.86. The number of carbonyl (C=O) groups is 1. The Morgan fingerprint density at radius 3 is 2.73 bits per heavy atom. The number of benzene rings is 1. The van der Waals surface area contributed by atoms with E-state index < -0.39 is 0 Å². The number of amides is 1. The van der Waals surface area contributed by atoms with Crippen LogP contribution in [-0.4, -0.2) is 20.5 Å². The molecule has 6 heteroatoms. The normalized spacial score (nSPS) is 10.7. The van der Waals surface area contributed by atoms with E-state index in [9.17, 15) is 4.79 Å². The number of pyridine rings is 1. The van der Waals surface area contributed by atoms with Crippen LogP contribution < -0.4 is 5.32 Å². The van der Waals surface area contributed by atoms with Crippen LogP contribution in [0.15, 0.2) is 60.2 Å². The maximum Gasteiger partial charge on any atom is 0.248 e. The molecule has 1 amide bonds. The minimum absolute atomic E-state index is 0.188. The fourth-order valence-electron chi connectivity index (χ4n) is 1.85. The van der Waals surface area contributed by atoms with Crippen LogP contribution >= 0.6 is 11.5 Å². The molecule has 3 rings (SSSR count). The minimum atomic E-state index is -0.188. The van der Waals surface area contributed by atoms with Gasteiger partial charge in [-0.15, -0.1) is 5.10 Å². The van der Waals surface area contributed by atoms with Crippen LogP contribution in [0.3, 0.4) is 0 Å². The highest BCUT2D eigenvalue weighted by atomic mass is 32.1. The van der Waals surface area contributed by atoms with Crippen molar-refractivity contribution in [3.05, 3.63) is 65.8 Å². The Bertz CT molecular complexity index is 768. The van der Waals surface area contributed by atoms with E-state index in [0.29, 0.717) is 0 Å². The molecule has 108 valence electrons. The zero-order valence-corrected chi connectivity index (χ0v) is 12.3. The van der Waals surface area contributed by atoms with E-state index in [2.05, 4.69) is 19.9 Å². The maximum atomic E-state index is 11.9. The topological polar surface area (TPSA) is 67.8 Å². The summed E-state index contributed by atoms with van der Waals surface area (Å²) in [6, 6.07) is 11.2. The number of hydrogen-bond donors (Lipinski definition) is 1. The van der Waals surface area contributed by atoms with Crippen LogP contribution in [-0.2, 0) is 4.79 Å². The number of carbonyl (C=O) groups excluding carboxylic acids is 1. The molecule has 0 saturated heterocycles. The Morgan fingerprint density at radius 1 is 1.18 bits per heavy atom. The molecule has 0 radical (unpaired) electrons. The van der Waals surface area contributed by atoms with Gasteiger partial charge >= 0.3 is 0 Å². The fraction of sp³-hybridized carbons (Fsp3) is 0. The number of anilines is 1. The lowest BCUT2D eigenvalue weighted by Crippen LogP contribution is -2.07. The molecule has 1 N–H and O–H groups in total. The smallest absolute Gasteiger partial charge is 0.248 e. The van der Waals surface area contributed by atoms with Gasteiger partial charge in [0.15, 0.2) is 0 Å². The monoisotopic (exact) mass is 308 g/mol. The quantitative estimate of drug-likeness (QED) is 0.751. The summed E-state index contributed by atoms with van der Waals surface area (Å²) in [6.07, 6.45) is 6.59. The third-order valence-electron chi connectivity index (χ3n) is 2.92. The van der Waals surface area contributed by atoms with E-state index >= 15 is 0 Å². The molecule has 2 aromatic heterocycles. The predicted octanol–water partition coefficient (Wildman–Crippen LogP) is 3.25. The number of rotatable bonds is 4. The summed E-state index contributed by atoms with van der Waals surface area (Å²) in [5.41, 5.74) is 3.41. The molecule has 2 heterocycles. The van der Waals surface area contributed by atoms with Gasteiger partial charge in [-0.2, -0.15) is 0 Å². The first-order valence-corrected chi connectivity index (χ1v) is 7.41. The molecular formula is C16H12N4OS. The zero-order valence-electron chi connectivity index (χ0n) is 11.5. The van der Waals surface area contributed by atoms with Crippen molar-refractivity contribution < 1.29 is 4.79 Å². The Labute approximate surface area is 131 Å². The van der Waals surface area contributed by atoms with Gasteiger partial charge in [0, 0.05) is 35.1 Å². The van der Waals surface area contributed by atoms with Gasteiger partial charge in [0.1, 0.15) is 5.69 Å². The molecule has 0 spiro atoms. The molecule has 1 aromatic carbocycles. The SMILES string of the molecule is O=C(C=Cc1cccnc1)Nc1ccc(-c2csnn2)cc1. The summed E-state index contributed by atoms with van der Waals surface area (Å²) in [4.78, 5) is 15.8. The van der Waals surface area contributed by atoms with Crippen molar-refractivity contribution in [1.82, 2.24) is 14.6 Å². The van der Waals surface area contributed by atoms with E-state index in [1.165, 1.54) is 17.6 Å². The fourth-order valence-corrected chi connectivity index (χ4v) is 2.31. The molecule has 0 unspecified atom stereocenters. The first-order valence-electron chi connectivity index (χ1n) is 6.58. The molecule has 0 atom stereocenters. The standard InChI is InChI=1S/C16H12N4OS/c21-16(8-3-12-2-1-9-17-10-12)18-14-6-4-13(5-7-14)15-11-22-20-19-15/h1-11H,(H,18,21). The number of nitrogens with zero attached hydrogens (tertiary/aromatic N) is 3. The summed E-state index contributed by atoms with van der Waals surface area (Å²) in [5, 5.41) is 8.69. The van der Waals surface area contributed by atoms with E-state index in [1.807, 2.05) is 41.8 Å². The van der Waals surface area contributed by atoms with E-state index in [0.717, 1.165) is 22.5 Å². The predicted molar refractivity (Wildman–Crippen MR) is 87.2 cm³/mol. The molecule has 0 saturated carbocycles. The van der Waals surface area contributed by atoms with Crippen molar-refractivity contribution in [3.63, 3.8) is 0 Å². The Balaban J connectivity index is 1.63. The summed E-state index contributed by atoms with van der Waals surface area (Å²) in [6.45, 7) is 0. The molecule has 0 fully saturated rings. The summed E-state index contributed by atoms with van der Waals surface area (Å²) in [7, 11) is 0. The number of aromatic nitrogens is 3. The highest BCUT2D eigenvalue weighted by molar-refractivity contribution is 7.03. The van der Waals surface area contributed by atoms with Crippen LogP contribution in [0.2, 0.25) is 0 Å². The van der Waals surface area contributed by atoms with Gasteiger partial charge in [0.2, 0.25) is 5.91 Å². The minimum Gasteiger partial charge on any atom is -0.323 e. The largest absolute Gasteiger partial charge is 0.323 e. The van der Waals surface area contributed by atoms with Crippen molar-refractivity contribution in [3.8, 4) is 11.3 Å². The summed E-state index contributed by atoms with van der Waals surface area (Å²) < 4.78 is 3.83. The van der Waals surface area contributed by atoms with E-state index in [-0.39, 0.29) is 5.91 Å². The van der Waals surface area contributed by atoms with Gasteiger partial charge < -0.3 is 5.32 Å². The van der Waals surface area contributed by atoms with Gasteiger partial charge in [-0.3, -0.25) is 9.78 Å². The highest BCUT2D eigenvalue weighted by Crippen LogP contribution is 2.20. The van der Waals surface area contributed by atoms with Crippen molar-refractivity contribution in [1.29, 1.82) is 0 Å². The molecule has 22 heavy (non-hydrogen) atoms. The van der Waals surface area contributed by atoms with Crippen molar-refractivity contribution in [2.24, 2.45) is 0 Å². The third-order valence-corrected chi connectivity index (χ3v) is 3.42. The second-order valence-corrected chi connectivity index (χ2v) is 5.09.